The Morgan fingerprint density at radius 2 is 1.84 bits per heavy atom. The summed E-state index contributed by atoms with van der Waals surface area (Å²) < 4.78 is 21.1. The van der Waals surface area contributed by atoms with Gasteiger partial charge in [-0.15, -0.1) is 0 Å². The van der Waals surface area contributed by atoms with Crippen LogP contribution in [0, 0.1) is 22.0 Å². The van der Waals surface area contributed by atoms with Crippen molar-refractivity contribution in [3.63, 3.8) is 0 Å². The highest BCUT2D eigenvalue weighted by Crippen LogP contribution is 2.55. The van der Waals surface area contributed by atoms with Gasteiger partial charge in [-0.25, -0.2) is 4.90 Å². The number of carbonyl (C=O) groups is 4. The van der Waals surface area contributed by atoms with Gasteiger partial charge in [0, 0.05) is 13.8 Å². The van der Waals surface area contributed by atoms with E-state index in [1.807, 2.05) is 0 Å². The maximum absolute atomic E-state index is 13.5. The number of hydrogen-bond acceptors (Lipinski definition) is 10. The van der Waals surface area contributed by atoms with Gasteiger partial charge in [0.05, 0.1) is 36.0 Å². The van der Waals surface area contributed by atoms with Crippen LogP contribution in [0.2, 0.25) is 0 Å². The molecule has 4 atom stereocenters. The minimum atomic E-state index is -1.74. The van der Waals surface area contributed by atoms with Crippen LogP contribution in [0.5, 0.6) is 5.75 Å². The summed E-state index contributed by atoms with van der Waals surface area (Å²) in [6.07, 6.45) is 0.439. The van der Waals surface area contributed by atoms with Gasteiger partial charge in [0.2, 0.25) is 11.8 Å². The molecule has 0 aliphatic carbocycles. The van der Waals surface area contributed by atoms with Gasteiger partial charge in [0.15, 0.2) is 5.60 Å². The van der Waals surface area contributed by atoms with Crippen LogP contribution in [-0.4, -0.2) is 53.8 Å². The maximum atomic E-state index is 13.5. The van der Waals surface area contributed by atoms with Crippen LogP contribution in [0.25, 0.3) is 0 Å². The van der Waals surface area contributed by atoms with Crippen LogP contribution in [0.3, 0.4) is 0 Å². The van der Waals surface area contributed by atoms with Crippen molar-refractivity contribution in [2.24, 2.45) is 11.8 Å². The van der Waals surface area contributed by atoms with Crippen LogP contribution in [0.15, 0.2) is 30.4 Å². The van der Waals surface area contributed by atoms with E-state index in [4.69, 9.17) is 18.9 Å². The Kier molecular flexibility index (Phi) is 4.96. The third-order valence-corrected chi connectivity index (χ3v) is 5.61. The average molecular weight is 446 g/mol. The van der Waals surface area contributed by atoms with Gasteiger partial charge in [0.1, 0.15) is 11.4 Å². The molecule has 2 bridgehead atoms. The largest absolute Gasteiger partial charge is 0.496 e. The molecule has 12 heteroatoms. The molecular weight excluding hydrogens is 428 g/mol. The summed E-state index contributed by atoms with van der Waals surface area (Å²) in [4.78, 5) is 61.6. The number of benzene rings is 1. The van der Waals surface area contributed by atoms with Crippen molar-refractivity contribution >= 4 is 35.1 Å². The van der Waals surface area contributed by atoms with E-state index in [1.165, 1.54) is 31.4 Å². The second kappa shape index (κ2) is 7.41. The predicted octanol–water partition coefficient (Wildman–Crippen LogP) is 0.869. The Hall–Kier alpha value is -3.80. The Bertz CT molecular complexity index is 1070. The fourth-order valence-corrected chi connectivity index (χ4v) is 4.42. The fourth-order valence-electron chi connectivity index (χ4n) is 4.42. The first-order valence-electron chi connectivity index (χ1n) is 9.52. The summed E-state index contributed by atoms with van der Waals surface area (Å²) in [5, 5.41) is 11.6. The average Bonchev–Trinajstić information content (AvgIpc) is 3.37. The standard InChI is InChI=1S/C20H18N2O10/c1-9(23)30-19(31-10(2)24)20-7-6-14(32-20)15-16(20)18(26)21(17(15)25)12-5-4-11(29-3)8-13(12)22(27)28/h4-8,14-16,19H,1-3H3/t14-,15-,16-,20+/m1/s1. The van der Waals surface area contributed by atoms with Gasteiger partial charge in [-0.2, -0.15) is 0 Å². The zero-order valence-corrected chi connectivity index (χ0v) is 17.2. The molecule has 3 aliphatic heterocycles. The smallest absolute Gasteiger partial charge is 0.305 e. The molecule has 1 aromatic rings. The highest BCUT2D eigenvalue weighted by molar-refractivity contribution is 6.24. The Morgan fingerprint density at radius 1 is 1.19 bits per heavy atom. The van der Waals surface area contributed by atoms with Gasteiger partial charge in [0.25, 0.3) is 12.0 Å². The molecule has 4 rings (SSSR count). The number of nitro benzene ring substituents is 1. The Labute approximate surface area is 180 Å². The third kappa shape index (κ3) is 3.02. The summed E-state index contributed by atoms with van der Waals surface area (Å²) in [6.45, 7) is 2.18. The van der Waals surface area contributed by atoms with E-state index in [0.29, 0.717) is 0 Å². The monoisotopic (exact) mass is 446 g/mol. The topological polar surface area (TPSA) is 152 Å². The van der Waals surface area contributed by atoms with E-state index in [-0.39, 0.29) is 11.4 Å². The van der Waals surface area contributed by atoms with Crippen LogP contribution in [0.4, 0.5) is 11.4 Å². The summed E-state index contributed by atoms with van der Waals surface area (Å²) in [7, 11) is 1.32. The molecule has 0 saturated carbocycles. The van der Waals surface area contributed by atoms with Crippen molar-refractivity contribution in [2.45, 2.75) is 31.8 Å². The molecule has 2 saturated heterocycles. The highest BCUT2D eigenvalue weighted by atomic mass is 16.7. The quantitative estimate of drug-likeness (QED) is 0.154. The van der Waals surface area contributed by atoms with Crippen molar-refractivity contribution in [3.05, 3.63) is 40.5 Å². The van der Waals surface area contributed by atoms with E-state index < -0.39 is 64.2 Å². The second-order valence-electron chi connectivity index (χ2n) is 7.47. The SMILES string of the molecule is COc1ccc(N2C(=O)[C@@H]3[C@H]4C=C[C@](C(OC(C)=O)OC(C)=O)(O4)[C@H]3C2=O)c([N+](=O)[O-])c1. The van der Waals surface area contributed by atoms with Gasteiger partial charge < -0.3 is 18.9 Å². The minimum Gasteiger partial charge on any atom is -0.496 e. The normalized spacial score (nSPS) is 27.6. The zero-order chi connectivity index (χ0) is 23.4. The molecule has 12 nitrogen and oxygen atoms in total. The molecule has 0 N–H and O–H groups in total. The molecule has 0 unspecified atom stereocenters. The lowest BCUT2D eigenvalue weighted by Gasteiger charge is -2.34. The molecule has 168 valence electrons. The maximum Gasteiger partial charge on any atom is 0.305 e. The first-order valence-corrected chi connectivity index (χ1v) is 9.52. The summed E-state index contributed by atoms with van der Waals surface area (Å²) >= 11 is 0. The van der Waals surface area contributed by atoms with E-state index in [1.54, 1.807) is 0 Å². The predicted molar refractivity (Wildman–Crippen MR) is 103 cm³/mol. The van der Waals surface area contributed by atoms with E-state index in [9.17, 15) is 29.3 Å². The molecule has 2 fully saturated rings. The van der Waals surface area contributed by atoms with E-state index >= 15 is 0 Å². The molecule has 1 aromatic carbocycles. The molecule has 3 heterocycles. The number of ether oxygens (including phenoxy) is 4. The van der Waals surface area contributed by atoms with Crippen molar-refractivity contribution in [2.75, 3.05) is 12.0 Å². The van der Waals surface area contributed by atoms with Gasteiger partial charge in [-0.3, -0.25) is 29.3 Å². The molecule has 32 heavy (non-hydrogen) atoms. The number of fused-ring (bicyclic) bond motifs is 5. The van der Waals surface area contributed by atoms with Crippen molar-refractivity contribution in [1.82, 2.24) is 0 Å². The molecule has 0 spiro atoms. The molecule has 0 radical (unpaired) electrons. The van der Waals surface area contributed by atoms with Gasteiger partial charge >= 0.3 is 11.9 Å². The number of amides is 2. The molecule has 0 aromatic heterocycles. The van der Waals surface area contributed by atoms with E-state index in [2.05, 4.69) is 0 Å². The number of anilines is 1. The number of hydrogen-bond donors (Lipinski definition) is 0. The zero-order valence-electron chi connectivity index (χ0n) is 17.2. The Morgan fingerprint density at radius 3 is 2.41 bits per heavy atom. The second-order valence-corrected chi connectivity index (χ2v) is 7.47. The minimum absolute atomic E-state index is 0.172. The third-order valence-electron chi connectivity index (χ3n) is 5.61. The lowest BCUT2D eigenvalue weighted by molar-refractivity contribution is -0.384. The van der Waals surface area contributed by atoms with Gasteiger partial charge in [-0.1, -0.05) is 6.08 Å². The summed E-state index contributed by atoms with van der Waals surface area (Å²) in [5.74, 6) is -5.20. The summed E-state index contributed by atoms with van der Waals surface area (Å²) in [6, 6.07) is 3.73. The lowest BCUT2D eigenvalue weighted by atomic mass is 9.76. The molecular formula is C20H18N2O10. The van der Waals surface area contributed by atoms with Crippen LogP contribution < -0.4 is 9.64 Å². The van der Waals surface area contributed by atoms with Crippen molar-refractivity contribution in [1.29, 1.82) is 0 Å². The highest BCUT2D eigenvalue weighted by Gasteiger charge is 2.72. The van der Waals surface area contributed by atoms with Crippen LogP contribution in [-0.2, 0) is 33.4 Å². The van der Waals surface area contributed by atoms with E-state index in [0.717, 1.165) is 24.8 Å². The molecule has 3 aliphatic rings. The number of imide groups is 1. The van der Waals surface area contributed by atoms with Crippen LogP contribution >= 0.6 is 0 Å². The van der Waals surface area contributed by atoms with Crippen molar-refractivity contribution in [3.8, 4) is 5.75 Å². The summed E-state index contributed by atoms with van der Waals surface area (Å²) in [5.41, 5.74) is -2.47. The number of esters is 2. The van der Waals surface area contributed by atoms with Gasteiger partial charge in [-0.05, 0) is 18.2 Å². The number of carbonyl (C=O) groups excluding carboxylic acids is 4. The number of methoxy groups -OCH3 is 1. The lowest BCUT2D eigenvalue weighted by Crippen LogP contribution is -2.52. The van der Waals surface area contributed by atoms with Crippen LogP contribution in [0.1, 0.15) is 13.8 Å². The Balaban J connectivity index is 1.78. The number of rotatable bonds is 6. The first kappa shape index (κ1) is 21.4. The van der Waals surface area contributed by atoms with Crippen molar-refractivity contribution < 1.29 is 43.0 Å². The number of nitro groups is 1. The number of nitrogens with zero attached hydrogens (tertiary/aromatic N) is 2. The first-order chi connectivity index (χ1) is 15.1. The molecule has 2 amide bonds. The fraction of sp³-hybridized carbons (Fsp3) is 0.400.